The zero-order valence-electron chi connectivity index (χ0n) is 12.8. The average molecular weight is 302 g/mol. The summed E-state index contributed by atoms with van der Waals surface area (Å²) in [4.78, 5) is 26.0. The molecule has 2 aliphatic rings. The molecule has 0 radical (unpaired) electrons. The largest absolute Gasteiger partial charge is 0.348 e. The fourth-order valence-electron chi connectivity index (χ4n) is 3.10. The van der Waals surface area contributed by atoms with Crippen LogP contribution in [0.25, 0.3) is 0 Å². The first-order valence-electron chi connectivity index (χ1n) is 7.83. The summed E-state index contributed by atoms with van der Waals surface area (Å²) >= 11 is 0. The van der Waals surface area contributed by atoms with Gasteiger partial charge in [0.05, 0.1) is 0 Å². The zero-order chi connectivity index (χ0) is 15.5. The molecule has 3 rings (SSSR count). The smallest absolute Gasteiger partial charge is 0.322 e. The van der Waals surface area contributed by atoms with E-state index >= 15 is 0 Å². The summed E-state index contributed by atoms with van der Waals surface area (Å²) in [5.74, 6) is -0.0624. The normalized spacial score (nSPS) is 21.6. The van der Waals surface area contributed by atoms with E-state index in [4.69, 9.17) is 0 Å². The van der Waals surface area contributed by atoms with E-state index < -0.39 is 0 Å². The van der Waals surface area contributed by atoms with Gasteiger partial charge >= 0.3 is 6.03 Å². The van der Waals surface area contributed by atoms with Crippen molar-refractivity contribution < 1.29 is 9.59 Å². The Morgan fingerprint density at radius 1 is 1.36 bits per heavy atom. The lowest BCUT2D eigenvalue weighted by Crippen LogP contribution is -2.45. The maximum Gasteiger partial charge on any atom is 0.322 e. The third-order valence-electron chi connectivity index (χ3n) is 4.33. The predicted octanol–water partition coefficient (Wildman–Crippen LogP) is 1.01. The van der Waals surface area contributed by atoms with E-state index in [2.05, 4.69) is 16.0 Å². The molecule has 2 heterocycles. The van der Waals surface area contributed by atoms with Crippen molar-refractivity contribution in [3.63, 3.8) is 0 Å². The number of benzene rings is 1. The van der Waals surface area contributed by atoms with Crippen molar-refractivity contribution in [2.75, 3.05) is 31.1 Å². The average Bonchev–Trinajstić information content (AvgIpc) is 2.94. The number of rotatable bonds is 3. The Morgan fingerprint density at radius 3 is 2.91 bits per heavy atom. The summed E-state index contributed by atoms with van der Waals surface area (Å²) in [6, 6.07) is 5.62. The first kappa shape index (κ1) is 14.8. The monoisotopic (exact) mass is 302 g/mol. The van der Waals surface area contributed by atoms with Gasteiger partial charge in [-0.2, -0.15) is 0 Å². The van der Waals surface area contributed by atoms with Gasteiger partial charge in [0, 0.05) is 36.9 Å². The van der Waals surface area contributed by atoms with Gasteiger partial charge in [0.2, 0.25) is 0 Å². The molecule has 1 atom stereocenters. The van der Waals surface area contributed by atoms with Gasteiger partial charge in [-0.05, 0) is 44.0 Å². The van der Waals surface area contributed by atoms with Crippen LogP contribution in [-0.4, -0.2) is 44.2 Å². The molecular weight excluding hydrogens is 280 g/mol. The molecule has 1 aromatic carbocycles. The van der Waals surface area contributed by atoms with Crippen molar-refractivity contribution >= 4 is 17.6 Å². The fourth-order valence-corrected chi connectivity index (χ4v) is 3.10. The van der Waals surface area contributed by atoms with E-state index in [0.717, 1.165) is 37.2 Å². The van der Waals surface area contributed by atoms with Gasteiger partial charge in [-0.1, -0.05) is 6.07 Å². The molecule has 0 aromatic heterocycles. The number of hydrogen-bond acceptors (Lipinski definition) is 3. The zero-order valence-corrected chi connectivity index (χ0v) is 12.8. The summed E-state index contributed by atoms with van der Waals surface area (Å²) in [7, 11) is 0. The van der Waals surface area contributed by atoms with Crippen LogP contribution in [0.1, 0.15) is 28.8 Å². The molecule has 2 saturated heterocycles. The highest BCUT2D eigenvalue weighted by Crippen LogP contribution is 2.24. The Balaban J connectivity index is 1.78. The number of piperidine rings is 1. The molecule has 2 fully saturated rings. The highest BCUT2D eigenvalue weighted by Gasteiger charge is 2.25. The van der Waals surface area contributed by atoms with Crippen molar-refractivity contribution in [2.45, 2.75) is 25.8 Å². The first-order valence-corrected chi connectivity index (χ1v) is 7.83. The molecule has 2 aliphatic heterocycles. The van der Waals surface area contributed by atoms with E-state index in [-0.39, 0.29) is 18.0 Å². The number of carbonyl (C=O) groups excluding carboxylic acids is 2. The van der Waals surface area contributed by atoms with E-state index in [9.17, 15) is 9.59 Å². The van der Waals surface area contributed by atoms with Gasteiger partial charge in [-0.3, -0.25) is 9.69 Å². The molecule has 0 aliphatic carbocycles. The van der Waals surface area contributed by atoms with Crippen molar-refractivity contribution in [3.05, 3.63) is 29.3 Å². The van der Waals surface area contributed by atoms with Crippen LogP contribution in [0.3, 0.4) is 0 Å². The second-order valence-electron chi connectivity index (χ2n) is 5.85. The Hall–Kier alpha value is -2.08. The van der Waals surface area contributed by atoms with Crippen LogP contribution in [0.15, 0.2) is 18.2 Å². The summed E-state index contributed by atoms with van der Waals surface area (Å²) in [6.45, 7) is 5.01. The number of carbonyl (C=O) groups is 2. The number of urea groups is 1. The van der Waals surface area contributed by atoms with Gasteiger partial charge in [-0.15, -0.1) is 0 Å². The lowest BCUT2D eigenvalue weighted by Gasteiger charge is -2.25. The topological polar surface area (TPSA) is 73.5 Å². The second-order valence-corrected chi connectivity index (χ2v) is 5.85. The Morgan fingerprint density at radius 2 is 2.23 bits per heavy atom. The molecule has 118 valence electrons. The molecule has 6 nitrogen and oxygen atoms in total. The van der Waals surface area contributed by atoms with Gasteiger partial charge in [0.25, 0.3) is 5.91 Å². The van der Waals surface area contributed by atoms with Gasteiger partial charge in [0.1, 0.15) is 0 Å². The molecule has 0 saturated carbocycles. The van der Waals surface area contributed by atoms with Crippen LogP contribution in [-0.2, 0) is 0 Å². The van der Waals surface area contributed by atoms with Crippen LogP contribution in [0, 0.1) is 6.92 Å². The van der Waals surface area contributed by atoms with Crippen LogP contribution in [0.2, 0.25) is 0 Å². The van der Waals surface area contributed by atoms with Gasteiger partial charge in [-0.25, -0.2) is 4.79 Å². The minimum atomic E-state index is -0.0999. The van der Waals surface area contributed by atoms with Gasteiger partial charge in [0.15, 0.2) is 0 Å². The van der Waals surface area contributed by atoms with Crippen molar-refractivity contribution in [1.29, 1.82) is 0 Å². The molecule has 3 N–H and O–H groups in total. The standard InChI is InChI=1S/C16H22N4O2/c1-11-13(15(21)19-12-4-3-7-17-10-12)5-2-6-14(11)20-9-8-18-16(20)22/h2,5-6,12,17H,3-4,7-10H2,1H3,(H,18,22)(H,19,21)/t12-/m0/s1. The van der Waals surface area contributed by atoms with E-state index in [1.54, 1.807) is 4.90 Å². The highest BCUT2D eigenvalue weighted by atomic mass is 16.2. The molecule has 0 bridgehead atoms. The number of amides is 3. The second kappa shape index (κ2) is 6.36. The molecule has 6 heteroatoms. The number of hydrogen-bond donors (Lipinski definition) is 3. The van der Waals surface area contributed by atoms with Crippen LogP contribution in [0.4, 0.5) is 10.5 Å². The minimum Gasteiger partial charge on any atom is -0.348 e. The molecular formula is C16H22N4O2. The summed E-state index contributed by atoms with van der Waals surface area (Å²) in [5, 5.41) is 9.16. The SMILES string of the molecule is Cc1c(C(=O)N[C@H]2CCCNC2)cccc1N1CCNC1=O. The molecule has 3 amide bonds. The van der Waals surface area contributed by atoms with E-state index in [0.29, 0.717) is 18.7 Å². The molecule has 0 unspecified atom stereocenters. The van der Waals surface area contributed by atoms with Crippen LogP contribution in [0.5, 0.6) is 0 Å². The lowest BCUT2D eigenvalue weighted by atomic mass is 10.0. The maximum absolute atomic E-state index is 12.5. The summed E-state index contributed by atoms with van der Waals surface area (Å²) < 4.78 is 0. The van der Waals surface area contributed by atoms with E-state index in [1.165, 1.54) is 0 Å². The Kier molecular flexibility index (Phi) is 4.29. The van der Waals surface area contributed by atoms with Crippen molar-refractivity contribution in [3.8, 4) is 0 Å². The van der Waals surface area contributed by atoms with Crippen LogP contribution < -0.4 is 20.9 Å². The first-order chi connectivity index (χ1) is 10.7. The summed E-state index contributed by atoms with van der Waals surface area (Å²) in [6.07, 6.45) is 2.09. The molecule has 0 spiro atoms. The number of anilines is 1. The third-order valence-corrected chi connectivity index (χ3v) is 4.33. The lowest BCUT2D eigenvalue weighted by molar-refractivity contribution is 0.0930. The molecule has 1 aromatic rings. The quantitative estimate of drug-likeness (QED) is 0.780. The minimum absolute atomic E-state index is 0.0624. The van der Waals surface area contributed by atoms with Crippen molar-refractivity contribution in [2.24, 2.45) is 0 Å². The third kappa shape index (κ3) is 2.92. The fraction of sp³-hybridized carbons (Fsp3) is 0.500. The van der Waals surface area contributed by atoms with Gasteiger partial charge < -0.3 is 16.0 Å². The Bertz CT molecular complexity index is 582. The number of nitrogens with zero attached hydrogens (tertiary/aromatic N) is 1. The maximum atomic E-state index is 12.5. The predicted molar refractivity (Wildman–Crippen MR) is 85.3 cm³/mol. The molecule has 22 heavy (non-hydrogen) atoms. The van der Waals surface area contributed by atoms with E-state index in [1.807, 2.05) is 25.1 Å². The number of nitrogens with one attached hydrogen (secondary N) is 3. The summed E-state index contributed by atoms with van der Waals surface area (Å²) in [5.41, 5.74) is 2.30. The van der Waals surface area contributed by atoms with Crippen LogP contribution >= 0.6 is 0 Å². The highest BCUT2D eigenvalue weighted by molar-refractivity contribution is 6.00. The Labute approximate surface area is 130 Å². The van der Waals surface area contributed by atoms with Crippen molar-refractivity contribution in [1.82, 2.24) is 16.0 Å².